The van der Waals surface area contributed by atoms with E-state index in [0.717, 1.165) is 35.0 Å². The Morgan fingerprint density at radius 3 is 2.58 bits per heavy atom. The number of thiophene rings is 1. The monoisotopic (exact) mass is 460 g/mol. The minimum atomic E-state index is 0.0406. The van der Waals surface area contributed by atoms with E-state index in [0.29, 0.717) is 29.7 Å². The zero-order valence-electron chi connectivity index (χ0n) is 18.5. The van der Waals surface area contributed by atoms with Crippen molar-refractivity contribution in [2.45, 2.75) is 6.92 Å². The predicted molar refractivity (Wildman–Crippen MR) is 129 cm³/mol. The third-order valence-corrected chi connectivity index (χ3v) is 6.82. The van der Waals surface area contributed by atoms with E-state index in [9.17, 15) is 4.79 Å². The van der Waals surface area contributed by atoms with Crippen LogP contribution in [0.4, 0.5) is 5.69 Å². The van der Waals surface area contributed by atoms with Crippen molar-refractivity contribution in [3.8, 4) is 27.9 Å². The molecule has 168 valence electrons. The second-order valence-corrected chi connectivity index (χ2v) is 9.02. The normalized spacial score (nSPS) is 13.9. The van der Waals surface area contributed by atoms with Crippen molar-refractivity contribution in [2.24, 2.45) is 0 Å². The molecule has 1 aliphatic rings. The van der Waals surface area contributed by atoms with Crippen molar-refractivity contribution < 1.29 is 14.1 Å². The molecule has 1 aliphatic heterocycles. The summed E-state index contributed by atoms with van der Waals surface area (Å²) in [5.41, 5.74) is 3.16. The summed E-state index contributed by atoms with van der Waals surface area (Å²) < 4.78 is 10.8. The fraction of sp³-hybridized carbons (Fsp3) is 0.240. The fourth-order valence-electron chi connectivity index (χ4n) is 3.84. The summed E-state index contributed by atoms with van der Waals surface area (Å²) in [6.45, 7) is 4.93. The summed E-state index contributed by atoms with van der Waals surface area (Å²) >= 11 is 1.39. The van der Waals surface area contributed by atoms with Crippen LogP contribution in [0, 0.1) is 6.92 Å². The molecular formula is C25H24N4O3S. The maximum Gasteiger partial charge on any atom is 0.264 e. The number of nitrogens with zero attached hydrogens (tertiary/aromatic N) is 4. The van der Waals surface area contributed by atoms with E-state index < -0.39 is 0 Å². The van der Waals surface area contributed by atoms with Gasteiger partial charge in [0.25, 0.3) is 11.8 Å². The molecule has 1 saturated heterocycles. The highest BCUT2D eigenvalue weighted by Crippen LogP contribution is 2.29. The number of aryl methyl sites for hydroxylation is 1. The Kier molecular flexibility index (Phi) is 5.83. The number of aromatic nitrogens is 2. The first kappa shape index (κ1) is 21.2. The van der Waals surface area contributed by atoms with E-state index in [-0.39, 0.29) is 5.91 Å². The van der Waals surface area contributed by atoms with Crippen LogP contribution >= 0.6 is 11.3 Å². The maximum absolute atomic E-state index is 13.1. The molecule has 3 heterocycles. The van der Waals surface area contributed by atoms with Gasteiger partial charge in [0.05, 0.1) is 16.9 Å². The van der Waals surface area contributed by atoms with Crippen molar-refractivity contribution in [1.82, 2.24) is 15.0 Å². The lowest BCUT2D eigenvalue weighted by Gasteiger charge is -2.36. The Hall–Kier alpha value is -3.65. The molecule has 0 aliphatic carbocycles. The molecule has 5 rings (SSSR count). The van der Waals surface area contributed by atoms with Gasteiger partial charge < -0.3 is 19.1 Å². The van der Waals surface area contributed by atoms with Crippen LogP contribution in [-0.2, 0) is 0 Å². The largest absolute Gasteiger partial charge is 0.497 e. The van der Waals surface area contributed by atoms with Crippen LogP contribution in [0.2, 0.25) is 0 Å². The Morgan fingerprint density at radius 1 is 1.03 bits per heavy atom. The van der Waals surface area contributed by atoms with Crippen molar-refractivity contribution in [2.75, 3.05) is 38.2 Å². The van der Waals surface area contributed by atoms with E-state index in [1.807, 2.05) is 66.4 Å². The molecule has 2 aromatic carbocycles. The number of carbonyl (C=O) groups is 1. The van der Waals surface area contributed by atoms with Gasteiger partial charge >= 0.3 is 0 Å². The number of hydrogen-bond acceptors (Lipinski definition) is 7. The summed E-state index contributed by atoms with van der Waals surface area (Å²) in [6, 6.07) is 19.7. The highest BCUT2D eigenvalue weighted by molar-refractivity contribution is 7.17. The fourth-order valence-corrected chi connectivity index (χ4v) is 4.74. The smallest absolute Gasteiger partial charge is 0.264 e. The highest BCUT2D eigenvalue weighted by Gasteiger charge is 2.24. The molecular weight excluding hydrogens is 436 g/mol. The third kappa shape index (κ3) is 4.47. The van der Waals surface area contributed by atoms with Crippen LogP contribution < -0.4 is 9.64 Å². The number of methoxy groups -OCH3 is 1. The average molecular weight is 461 g/mol. The Morgan fingerprint density at radius 2 is 1.82 bits per heavy atom. The van der Waals surface area contributed by atoms with Gasteiger partial charge in [-0.05, 0) is 43.3 Å². The Bertz CT molecular complexity index is 1260. The van der Waals surface area contributed by atoms with Gasteiger partial charge in [-0.2, -0.15) is 4.98 Å². The third-order valence-electron chi connectivity index (χ3n) is 5.75. The first-order valence-electron chi connectivity index (χ1n) is 10.8. The summed E-state index contributed by atoms with van der Waals surface area (Å²) in [5, 5.41) is 4.11. The van der Waals surface area contributed by atoms with Gasteiger partial charge in [-0.3, -0.25) is 4.79 Å². The zero-order chi connectivity index (χ0) is 22.8. The number of anilines is 1. The summed E-state index contributed by atoms with van der Waals surface area (Å²) in [6.07, 6.45) is 0. The van der Waals surface area contributed by atoms with Crippen LogP contribution in [0.1, 0.15) is 15.2 Å². The molecule has 0 radical (unpaired) electrons. The number of benzene rings is 2. The molecule has 33 heavy (non-hydrogen) atoms. The topological polar surface area (TPSA) is 71.7 Å². The van der Waals surface area contributed by atoms with Crippen molar-refractivity contribution >= 4 is 22.9 Å². The quantitative estimate of drug-likeness (QED) is 0.428. The van der Waals surface area contributed by atoms with Crippen LogP contribution in [0.3, 0.4) is 0 Å². The van der Waals surface area contributed by atoms with Crippen molar-refractivity contribution in [1.29, 1.82) is 0 Å². The average Bonchev–Trinajstić information content (AvgIpc) is 3.54. The molecule has 0 saturated carbocycles. The summed E-state index contributed by atoms with van der Waals surface area (Å²) in [5.74, 6) is 1.85. The molecule has 0 bridgehead atoms. The molecule has 4 aromatic rings. The highest BCUT2D eigenvalue weighted by atomic mass is 32.1. The molecule has 0 spiro atoms. The lowest BCUT2D eigenvalue weighted by atomic mass is 10.1. The first-order chi connectivity index (χ1) is 16.1. The van der Waals surface area contributed by atoms with Crippen LogP contribution in [0.25, 0.3) is 22.2 Å². The second kappa shape index (κ2) is 9.07. The minimum Gasteiger partial charge on any atom is -0.497 e. The van der Waals surface area contributed by atoms with Crippen LogP contribution in [0.15, 0.2) is 65.2 Å². The molecule has 2 aromatic heterocycles. The van der Waals surface area contributed by atoms with Gasteiger partial charge in [-0.15, -0.1) is 11.3 Å². The summed E-state index contributed by atoms with van der Waals surface area (Å²) in [4.78, 5) is 23.3. The molecule has 0 atom stereocenters. The molecule has 0 unspecified atom stereocenters. The van der Waals surface area contributed by atoms with Crippen molar-refractivity contribution in [3.63, 3.8) is 0 Å². The molecule has 7 nitrogen and oxygen atoms in total. The number of carbonyl (C=O) groups excluding carboxylic acids is 1. The van der Waals surface area contributed by atoms with Gasteiger partial charge in [0, 0.05) is 43.5 Å². The van der Waals surface area contributed by atoms with Crippen LogP contribution in [-0.4, -0.2) is 54.2 Å². The number of amides is 1. The second-order valence-electron chi connectivity index (χ2n) is 7.93. The van der Waals surface area contributed by atoms with E-state index in [4.69, 9.17) is 9.26 Å². The predicted octanol–water partition coefficient (Wildman–Crippen LogP) is 4.74. The lowest BCUT2D eigenvalue weighted by molar-refractivity contribution is 0.0751. The lowest BCUT2D eigenvalue weighted by Crippen LogP contribution is -2.48. The number of hydrogen-bond donors (Lipinski definition) is 0. The Labute approximate surface area is 196 Å². The van der Waals surface area contributed by atoms with Gasteiger partial charge in [-0.25, -0.2) is 0 Å². The minimum absolute atomic E-state index is 0.0406. The van der Waals surface area contributed by atoms with Gasteiger partial charge in [0.2, 0.25) is 5.82 Å². The van der Waals surface area contributed by atoms with Gasteiger partial charge in [0.15, 0.2) is 0 Å². The zero-order valence-corrected chi connectivity index (χ0v) is 19.3. The van der Waals surface area contributed by atoms with Crippen molar-refractivity contribution in [3.05, 3.63) is 71.1 Å². The Balaban J connectivity index is 1.24. The molecule has 1 fully saturated rings. The van der Waals surface area contributed by atoms with Gasteiger partial charge in [0.1, 0.15) is 5.75 Å². The SMILES string of the molecule is COc1cccc(N2CCN(C(=O)c3ccc(-c4noc(-c5ccc(C)cc5)n4)s3)CC2)c1. The maximum atomic E-state index is 13.1. The van der Waals surface area contributed by atoms with Crippen LogP contribution in [0.5, 0.6) is 5.75 Å². The van der Waals surface area contributed by atoms with Gasteiger partial charge in [-0.1, -0.05) is 28.9 Å². The number of rotatable bonds is 5. The summed E-state index contributed by atoms with van der Waals surface area (Å²) in [7, 11) is 1.67. The standard InChI is InChI=1S/C25H24N4O3S/c1-17-6-8-18(9-7-17)24-26-23(27-32-24)21-10-11-22(33-21)25(30)29-14-12-28(13-15-29)19-4-3-5-20(16-19)31-2/h3-11,16H,12-15H2,1-2H3. The van der Waals surface area contributed by atoms with E-state index in [1.54, 1.807) is 7.11 Å². The van der Waals surface area contributed by atoms with E-state index in [2.05, 4.69) is 21.1 Å². The molecule has 0 N–H and O–H groups in total. The molecule has 1 amide bonds. The number of piperazine rings is 1. The van der Waals surface area contributed by atoms with E-state index >= 15 is 0 Å². The first-order valence-corrected chi connectivity index (χ1v) is 11.6. The number of ether oxygens (including phenoxy) is 1. The van der Waals surface area contributed by atoms with E-state index in [1.165, 1.54) is 16.9 Å². The molecule has 8 heteroatoms.